The molecule has 0 aliphatic heterocycles. The molecule has 2 atom stereocenters. The van der Waals surface area contributed by atoms with Crippen LogP contribution >= 0.6 is 11.3 Å². The molecule has 1 aromatic carbocycles. The van der Waals surface area contributed by atoms with Gasteiger partial charge in [0.1, 0.15) is 5.01 Å². The molecule has 25 heavy (non-hydrogen) atoms. The number of carbonyl (C=O) groups is 2. The Kier molecular flexibility index (Phi) is 5.81. The van der Waals surface area contributed by atoms with Gasteiger partial charge in [-0.3, -0.25) is 9.59 Å². The SMILES string of the molecule is O=C(O)[C@H]1CCCC[C@@H]1C(=O)NCCc1csc(-c2ccccc2)n1. The van der Waals surface area contributed by atoms with Gasteiger partial charge in [0.2, 0.25) is 5.91 Å². The van der Waals surface area contributed by atoms with Crippen molar-refractivity contribution in [2.45, 2.75) is 32.1 Å². The number of carboxylic acids is 1. The summed E-state index contributed by atoms with van der Waals surface area (Å²) in [4.78, 5) is 28.3. The van der Waals surface area contributed by atoms with Crippen LogP contribution in [0.4, 0.5) is 0 Å². The van der Waals surface area contributed by atoms with Gasteiger partial charge in [-0.25, -0.2) is 4.98 Å². The Hall–Kier alpha value is -2.21. The van der Waals surface area contributed by atoms with E-state index in [4.69, 9.17) is 0 Å². The van der Waals surface area contributed by atoms with Crippen LogP contribution in [0, 0.1) is 11.8 Å². The van der Waals surface area contributed by atoms with Crippen LogP contribution in [-0.4, -0.2) is 28.5 Å². The summed E-state index contributed by atoms with van der Waals surface area (Å²) in [6.45, 7) is 0.486. The van der Waals surface area contributed by atoms with Crippen molar-refractivity contribution in [2.75, 3.05) is 6.54 Å². The Bertz CT molecular complexity index is 729. The fourth-order valence-electron chi connectivity index (χ4n) is 3.32. The van der Waals surface area contributed by atoms with Gasteiger partial charge < -0.3 is 10.4 Å². The van der Waals surface area contributed by atoms with E-state index in [0.29, 0.717) is 25.8 Å². The molecule has 1 aliphatic carbocycles. The van der Waals surface area contributed by atoms with Crippen LogP contribution < -0.4 is 5.32 Å². The molecule has 2 aromatic rings. The molecule has 1 aliphatic rings. The van der Waals surface area contributed by atoms with E-state index in [2.05, 4.69) is 10.3 Å². The minimum atomic E-state index is -0.855. The Morgan fingerprint density at radius 3 is 2.60 bits per heavy atom. The second-order valence-electron chi connectivity index (χ2n) is 6.39. The summed E-state index contributed by atoms with van der Waals surface area (Å²) >= 11 is 1.59. The highest BCUT2D eigenvalue weighted by Crippen LogP contribution is 2.30. The van der Waals surface area contributed by atoms with Crippen molar-refractivity contribution < 1.29 is 14.7 Å². The van der Waals surface area contributed by atoms with Gasteiger partial charge in [-0.2, -0.15) is 0 Å². The third kappa shape index (κ3) is 4.45. The molecule has 1 fully saturated rings. The fourth-order valence-corrected chi connectivity index (χ4v) is 4.18. The molecule has 0 spiro atoms. The predicted octanol–water partition coefficient (Wildman–Crippen LogP) is 3.36. The average molecular weight is 358 g/mol. The molecule has 0 radical (unpaired) electrons. The van der Waals surface area contributed by atoms with Gasteiger partial charge in [0.05, 0.1) is 17.5 Å². The average Bonchev–Trinajstić information content (AvgIpc) is 3.11. The lowest BCUT2D eigenvalue weighted by molar-refractivity contribution is -0.148. The summed E-state index contributed by atoms with van der Waals surface area (Å²) in [5.41, 5.74) is 2.04. The first-order valence-electron chi connectivity index (χ1n) is 8.65. The van der Waals surface area contributed by atoms with Gasteiger partial charge in [0, 0.05) is 23.9 Å². The number of amides is 1. The first-order chi connectivity index (χ1) is 12.1. The molecule has 0 unspecified atom stereocenters. The highest BCUT2D eigenvalue weighted by molar-refractivity contribution is 7.13. The van der Waals surface area contributed by atoms with Crippen LogP contribution in [0.1, 0.15) is 31.4 Å². The van der Waals surface area contributed by atoms with Crippen LogP contribution in [0.15, 0.2) is 35.7 Å². The number of hydrogen-bond acceptors (Lipinski definition) is 4. The highest BCUT2D eigenvalue weighted by Gasteiger charge is 2.35. The smallest absolute Gasteiger partial charge is 0.307 e. The zero-order valence-electron chi connectivity index (χ0n) is 14.0. The van der Waals surface area contributed by atoms with Crippen LogP contribution in [-0.2, 0) is 16.0 Å². The van der Waals surface area contributed by atoms with Crippen LogP contribution in [0.3, 0.4) is 0 Å². The first-order valence-corrected chi connectivity index (χ1v) is 9.53. The summed E-state index contributed by atoms with van der Waals surface area (Å²) in [7, 11) is 0. The fraction of sp³-hybridized carbons (Fsp3) is 0.421. The molecular formula is C19H22N2O3S. The maximum atomic E-state index is 12.3. The van der Waals surface area contributed by atoms with E-state index < -0.39 is 17.8 Å². The van der Waals surface area contributed by atoms with Gasteiger partial charge in [0.25, 0.3) is 0 Å². The Balaban J connectivity index is 1.52. The van der Waals surface area contributed by atoms with Gasteiger partial charge in [-0.15, -0.1) is 11.3 Å². The molecular weight excluding hydrogens is 336 g/mol. The van der Waals surface area contributed by atoms with Crippen molar-refractivity contribution in [3.05, 3.63) is 41.4 Å². The van der Waals surface area contributed by atoms with Crippen LogP contribution in [0.2, 0.25) is 0 Å². The number of carboxylic acid groups (broad SMARTS) is 1. The molecule has 2 N–H and O–H groups in total. The molecule has 1 amide bonds. The molecule has 6 heteroatoms. The number of carbonyl (C=O) groups excluding carboxylic acids is 1. The lowest BCUT2D eigenvalue weighted by atomic mass is 9.78. The van der Waals surface area contributed by atoms with E-state index >= 15 is 0 Å². The van der Waals surface area contributed by atoms with E-state index in [1.165, 1.54) is 0 Å². The molecule has 132 valence electrons. The number of aromatic nitrogens is 1. The summed E-state index contributed by atoms with van der Waals surface area (Å²) in [5.74, 6) is -1.93. The van der Waals surface area contributed by atoms with E-state index in [0.717, 1.165) is 29.1 Å². The van der Waals surface area contributed by atoms with Gasteiger partial charge in [-0.1, -0.05) is 43.2 Å². The number of rotatable bonds is 6. The first kappa shape index (κ1) is 17.6. The Labute approximate surface area is 151 Å². The van der Waals surface area contributed by atoms with Crippen molar-refractivity contribution >= 4 is 23.2 Å². The lowest BCUT2D eigenvalue weighted by Gasteiger charge is -2.27. The standard InChI is InChI=1S/C19H22N2O3S/c22-17(15-8-4-5-9-16(15)19(23)24)20-11-10-14-12-25-18(21-14)13-6-2-1-3-7-13/h1-3,6-7,12,15-16H,4-5,8-11H2,(H,20,22)(H,23,24)/t15-,16-/m0/s1. The third-order valence-corrected chi connectivity index (χ3v) is 5.61. The number of benzene rings is 1. The quantitative estimate of drug-likeness (QED) is 0.830. The van der Waals surface area contributed by atoms with Crippen molar-refractivity contribution in [1.29, 1.82) is 0 Å². The monoisotopic (exact) mass is 358 g/mol. The summed E-state index contributed by atoms with van der Waals surface area (Å²) < 4.78 is 0. The van der Waals surface area contributed by atoms with E-state index in [9.17, 15) is 14.7 Å². The lowest BCUT2D eigenvalue weighted by Crippen LogP contribution is -2.40. The molecule has 1 aromatic heterocycles. The van der Waals surface area contributed by atoms with Crippen molar-refractivity contribution in [3.8, 4) is 10.6 Å². The van der Waals surface area contributed by atoms with Crippen molar-refractivity contribution in [3.63, 3.8) is 0 Å². The third-order valence-electron chi connectivity index (χ3n) is 4.67. The maximum absolute atomic E-state index is 12.3. The zero-order valence-corrected chi connectivity index (χ0v) is 14.8. The summed E-state index contributed by atoms with van der Waals surface area (Å²) in [6, 6.07) is 10.0. The second-order valence-corrected chi connectivity index (χ2v) is 7.24. The number of hydrogen-bond donors (Lipinski definition) is 2. The minimum absolute atomic E-state index is 0.134. The van der Waals surface area contributed by atoms with E-state index in [1.54, 1.807) is 11.3 Å². The topological polar surface area (TPSA) is 79.3 Å². The van der Waals surface area contributed by atoms with Gasteiger partial charge in [-0.05, 0) is 12.8 Å². The molecule has 0 saturated heterocycles. The number of nitrogens with one attached hydrogen (secondary N) is 1. The number of thiazole rings is 1. The van der Waals surface area contributed by atoms with Gasteiger partial charge in [0.15, 0.2) is 0 Å². The normalized spacial score (nSPS) is 20.2. The van der Waals surface area contributed by atoms with Crippen molar-refractivity contribution in [2.24, 2.45) is 11.8 Å². The van der Waals surface area contributed by atoms with Gasteiger partial charge >= 0.3 is 5.97 Å². The molecule has 0 bridgehead atoms. The second kappa shape index (κ2) is 8.25. The molecule has 3 rings (SSSR count). The van der Waals surface area contributed by atoms with E-state index in [-0.39, 0.29) is 5.91 Å². The Morgan fingerprint density at radius 2 is 1.88 bits per heavy atom. The molecule has 1 heterocycles. The predicted molar refractivity (Wildman–Crippen MR) is 97.3 cm³/mol. The highest BCUT2D eigenvalue weighted by atomic mass is 32.1. The zero-order chi connectivity index (χ0) is 17.6. The van der Waals surface area contributed by atoms with E-state index in [1.807, 2.05) is 35.7 Å². The number of nitrogens with zero attached hydrogens (tertiary/aromatic N) is 1. The molecule has 1 saturated carbocycles. The summed E-state index contributed by atoms with van der Waals surface area (Å²) in [6.07, 6.45) is 3.73. The maximum Gasteiger partial charge on any atom is 0.307 e. The minimum Gasteiger partial charge on any atom is -0.481 e. The molecule has 5 nitrogen and oxygen atoms in total. The number of aliphatic carboxylic acids is 1. The summed E-state index contributed by atoms with van der Waals surface area (Å²) in [5, 5.41) is 15.2. The largest absolute Gasteiger partial charge is 0.481 e. The Morgan fingerprint density at radius 1 is 1.16 bits per heavy atom. The van der Waals surface area contributed by atoms with Crippen LogP contribution in [0.25, 0.3) is 10.6 Å². The van der Waals surface area contributed by atoms with Crippen LogP contribution in [0.5, 0.6) is 0 Å². The van der Waals surface area contributed by atoms with Crippen molar-refractivity contribution in [1.82, 2.24) is 10.3 Å².